The number of amides is 2. The Morgan fingerprint density at radius 2 is 1.74 bits per heavy atom. The summed E-state index contributed by atoms with van der Waals surface area (Å²) >= 11 is 0. The number of hydrogen-bond donors (Lipinski definition) is 4. The summed E-state index contributed by atoms with van der Waals surface area (Å²) in [7, 11) is 2.96. The predicted molar refractivity (Wildman–Crippen MR) is 144 cm³/mol. The van der Waals surface area contributed by atoms with Gasteiger partial charge >= 0.3 is 6.09 Å². The van der Waals surface area contributed by atoms with Gasteiger partial charge in [0.05, 0.1) is 29.7 Å². The monoisotopic (exact) mass is 547 g/mol. The molecule has 1 aliphatic heterocycles. The highest BCUT2D eigenvalue weighted by Crippen LogP contribution is 2.28. The number of hydrogen-bond acceptors (Lipinski definition) is 9. The largest absolute Gasteiger partial charge is 0.439 e. The van der Waals surface area contributed by atoms with E-state index in [1.165, 1.54) is 14.2 Å². The lowest BCUT2D eigenvalue weighted by molar-refractivity contribution is -0.120. The summed E-state index contributed by atoms with van der Waals surface area (Å²) in [6.45, 7) is 7.00. The van der Waals surface area contributed by atoms with E-state index in [0.29, 0.717) is 30.4 Å². The molecule has 0 spiro atoms. The van der Waals surface area contributed by atoms with Gasteiger partial charge in [-0.05, 0) is 51.0 Å². The van der Waals surface area contributed by atoms with Gasteiger partial charge in [0.25, 0.3) is 5.91 Å². The molecule has 0 aromatic carbocycles. The standard InChI is InChI=1S/C28H41N3O8/c1-14-10-18-23(29)20(32)13-19(25(18)34)31-27(35)15(2)8-7-9-21(37-5)26(39-28(30)36)17(4)12-16(3)24(33)22(11-14)38-6/h8,12-14,16,21-22,24,26,33H,7,9-11,29H2,1-6H3,(H2,30,36)(H,31,35)/b15-8+,17-12+/t14-,16+,21+,22+,24-,26+/m1/s1. The number of methoxy groups -OCH3 is 2. The lowest BCUT2D eigenvalue weighted by atomic mass is 9.85. The number of ketones is 2. The van der Waals surface area contributed by atoms with E-state index >= 15 is 0 Å². The summed E-state index contributed by atoms with van der Waals surface area (Å²) in [5.41, 5.74) is 12.1. The Morgan fingerprint density at radius 1 is 1.10 bits per heavy atom. The molecule has 0 aromatic heterocycles. The molecule has 1 heterocycles. The first-order chi connectivity index (χ1) is 18.3. The SMILES string of the molecule is CO[C@H]1C[C@H](C)CC2=C(N)C(=O)C=C(NC(=O)/C(C)=C/CC[C@H](OC)[C@@H](OC(N)=O)/C(C)=C/[C@H](C)[C@H]1O)C2=O. The average Bonchev–Trinajstić information content (AvgIpc) is 2.88. The molecule has 216 valence electrons. The molecule has 39 heavy (non-hydrogen) atoms. The van der Waals surface area contributed by atoms with Crippen molar-refractivity contribution in [2.45, 2.75) is 77.8 Å². The van der Waals surface area contributed by atoms with Gasteiger partial charge in [0.15, 0.2) is 6.10 Å². The van der Waals surface area contributed by atoms with Crippen molar-refractivity contribution in [2.75, 3.05) is 14.2 Å². The highest BCUT2D eigenvalue weighted by atomic mass is 16.6. The summed E-state index contributed by atoms with van der Waals surface area (Å²) in [4.78, 5) is 50.2. The molecule has 0 radical (unpaired) electrons. The fourth-order valence-electron chi connectivity index (χ4n) is 4.91. The Kier molecular flexibility index (Phi) is 11.6. The normalized spacial score (nSPS) is 32.9. The van der Waals surface area contributed by atoms with Gasteiger partial charge in [0.2, 0.25) is 11.6 Å². The van der Waals surface area contributed by atoms with Crippen molar-refractivity contribution in [1.29, 1.82) is 0 Å². The van der Waals surface area contributed by atoms with Crippen LogP contribution in [0.3, 0.4) is 0 Å². The summed E-state index contributed by atoms with van der Waals surface area (Å²) in [5.74, 6) is -2.25. The molecule has 0 aromatic rings. The minimum atomic E-state index is -0.969. The third kappa shape index (κ3) is 8.35. The molecule has 6 N–H and O–H groups in total. The maximum Gasteiger partial charge on any atom is 0.405 e. The summed E-state index contributed by atoms with van der Waals surface area (Å²) < 4.78 is 16.6. The van der Waals surface area contributed by atoms with E-state index in [1.807, 2.05) is 6.92 Å². The molecule has 11 nitrogen and oxygen atoms in total. The number of rotatable bonds is 3. The van der Waals surface area contributed by atoms with Crippen LogP contribution in [-0.4, -0.2) is 67.3 Å². The topological polar surface area (TPSA) is 180 Å². The van der Waals surface area contributed by atoms with Gasteiger partial charge in [-0.15, -0.1) is 0 Å². The number of allylic oxidation sites excluding steroid dienone is 3. The zero-order valence-corrected chi connectivity index (χ0v) is 23.5. The lowest BCUT2D eigenvalue weighted by Crippen LogP contribution is -2.38. The van der Waals surface area contributed by atoms with Crippen molar-refractivity contribution in [3.8, 4) is 0 Å². The smallest absolute Gasteiger partial charge is 0.405 e. The quantitative estimate of drug-likeness (QED) is 0.303. The van der Waals surface area contributed by atoms with Crippen LogP contribution in [0.1, 0.15) is 53.4 Å². The molecule has 2 aliphatic rings. The number of Topliss-reactive ketones (excluding diaryl/α,β-unsaturated/α-hetero) is 1. The van der Waals surface area contributed by atoms with Crippen LogP contribution in [0.2, 0.25) is 0 Å². The van der Waals surface area contributed by atoms with Crippen LogP contribution in [0, 0.1) is 11.8 Å². The van der Waals surface area contributed by atoms with Crippen molar-refractivity contribution < 1.29 is 38.5 Å². The Morgan fingerprint density at radius 3 is 2.33 bits per heavy atom. The summed E-state index contributed by atoms with van der Waals surface area (Å²) in [6.07, 6.45) is 1.76. The van der Waals surface area contributed by atoms with Crippen molar-refractivity contribution >= 4 is 23.6 Å². The van der Waals surface area contributed by atoms with E-state index in [0.717, 1.165) is 6.08 Å². The Labute approximate surface area is 229 Å². The fraction of sp³-hybridized carbons (Fsp3) is 0.571. The van der Waals surface area contributed by atoms with Gasteiger partial charge in [-0.1, -0.05) is 26.0 Å². The van der Waals surface area contributed by atoms with Crippen molar-refractivity contribution in [2.24, 2.45) is 23.3 Å². The summed E-state index contributed by atoms with van der Waals surface area (Å²) in [6, 6.07) is 0. The molecule has 6 atom stereocenters. The first kappa shape index (κ1) is 31.9. The Balaban J connectivity index is 2.51. The number of nitrogens with one attached hydrogen (secondary N) is 1. The minimum Gasteiger partial charge on any atom is -0.439 e. The highest BCUT2D eigenvalue weighted by Gasteiger charge is 2.33. The van der Waals surface area contributed by atoms with Gasteiger partial charge in [-0.25, -0.2) is 4.79 Å². The molecule has 0 saturated heterocycles. The van der Waals surface area contributed by atoms with E-state index in [9.17, 15) is 24.3 Å². The summed E-state index contributed by atoms with van der Waals surface area (Å²) in [5, 5.41) is 13.6. The third-order valence-electron chi connectivity index (χ3n) is 7.16. The number of nitrogens with two attached hydrogens (primary N) is 2. The van der Waals surface area contributed by atoms with Crippen LogP contribution >= 0.6 is 0 Å². The third-order valence-corrected chi connectivity index (χ3v) is 7.16. The minimum absolute atomic E-state index is 0.118. The van der Waals surface area contributed by atoms with Crippen molar-refractivity contribution in [3.05, 3.63) is 46.3 Å². The van der Waals surface area contributed by atoms with Gasteiger partial charge in [0.1, 0.15) is 0 Å². The number of ether oxygens (including phenoxy) is 3. The van der Waals surface area contributed by atoms with Gasteiger partial charge in [0, 0.05) is 37.4 Å². The van der Waals surface area contributed by atoms with Crippen LogP contribution in [0.15, 0.2) is 46.3 Å². The first-order valence-electron chi connectivity index (χ1n) is 13.0. The van der Waals surface area contributed by atoms with Crippen molar-refractivity contribution in [3.63, 3.8) is 0 Å². The average molecular weight is 548 g/mol. The zero-order valence-electron chi connectivity index (χ0n) is 23.5. The molecule has 0 fully saturated rings. The predicted octanol–water partition coefficient (Wildman–Crippen LogP) is 1.94. The van der Waals surface area contributed by atoms with Gasteiger partial charge < -0.3 is 36.1 Å². The molecular formula is C28H41N3O8. The van der Waals surface area contributed by atoms with Gasteiger partial charge in [-0.3, -0.25) is 14.4 Å². The Hall–Kier alpha value is -3.28. The second-order valence-electron chi connectivity index (χ2n) is 10.3. The number of fused-ring (bicyclic) bond motifs is 2. The second-order valence-corrected chi connectivity index (χ2v) is 10.3. The zero-order chi connectivity index (χ0) is 29.4. The van der Waals surface area contributed by atoms with Crippen LogP contribution in [0.25, 0.3) is 0 Å². The second kappa shape index (κ2) is 14.2. The molecule has 2 rings (SSSR count). The first-order valence-corrected chi connectivity index (χ1v) is 13.0. The van der Waals surface area contributed by atoms with Gasteiger partial charge in [-0.2, -0.15) is 0 Å². The van der Waals surface area contributed by atoms with Crippen LogP contribution in [0.4, 0.5) is 4.79 Å². The maximum atomic E-state index is 13.2. The van der Waals surface area contributed by atoms with E-state index in [1.54, 1.807) is 32.9 Å². The van der Waals surface area contributed by atoms with E-state index in [-0.39, 0.29) is 29.3 Å². The Bertz CT molecular complexity index is 1090. The van der Waals surface area contributed by atoms with E-state index in [4.69, 9.17) is 25.7 Å². The van der Waals surface area contributed by atoms with Crippen molar-refractivity contribution in [1.82, 2.24) is 5.32 Å². The molecule has 2 bridgehead atoms. The molecule has 0 saturated carbocycles. The number of aliphatic hydroxyl groups excluding tert-OH is 1. The molecular weight excluding hydrogens is 506 g/mol. The number of carbonyl (C=O) groups excluding carboxylic acids is 4. The number of carbonyl (C=O) groups is 4. The molecule has 0 unspecified atom stereocenters. The molecule has 11 heteroatoms. The fourth-order valence-corrected chi connectivity index (χ4v) is 4.91. The molecule has 1 aliphatic carbocycles. The number of primary amides is 1. The molecule has 2 amide bonds. The van der Waals surface area contributed by atoms with Crippen LogP contribution in [-0.2, 0) is 28.6 Å². The van der Waals surface area contributed by atoms with E-state index in [2.05, 4.69) is 5.32 Å². The van der Waals surface area contributed by atoms with Crippen LogP contribution < -0.4 is 16.8 Å². The lowest BCUT2D eigenvalue weighted by Gasteiger charge is -2.30. The van der Waals surface area contributed by atoms with Crippen LogP contribution in [0.5, 0.6) is 0 Å². The maximum absolute atomic E-state index is 13.2. The van der Waals surface area contributed by atoms with E-state index < -0.39 is 53.9 Å². The highest BCUT2D eigenvalue weighted by molar-refractivity contribution is 6.23. The number of aliphatic hydroxyl groups is 1.